The Kier molecular flexibility index (Phi) is 16.3. The van der Waals surface area contributed by atoms with Crippen molar-refractivity contribution >= 4 is 79.0 Å². The number of nitrogens with zero attached hydrogens (tertiary/aromatic N) is 5. The lowest BCUT2D eigenvalue weighted by Gasteiger charge is -2.44. The van der Waals surface area contributed by atoms with Crippen molar-refractivity contribution < 1.29 is 0 Å². The second-order valence-electron chi connectivity index (χ2n) is 29.2. The zero-order valence-corrected chi connectivity index (χ0v) is 61.2. The monoisotopic (exact) mass is 1420 g/mol. The number of benzene rings is 16. The third-order valence-electron chi connectivity index (χ3n) is 22.5. The molecule has 16 aromatic carbocycles. The molecule has 21 rings (SSSR count). The molecule has 0 aliphatic carbocycles. The van der Waals surface area contributed by atoms with Crippen LogP contribution >= 0.6 is 0 Å². The molecule has 19 aromatic rings. The quantitative estimate of drug-likeness (QED) is 0.102. The van der Waals surface area contributed by atoms with Crippen LogP contribution in [0.25, 0.3) is 150 Å². The number of rotatable bonds is 14. The second-order valence-corrected chi connectivity index (χ2v) is 29.2. The van der Waals surface area contributed by atoms with Gasteiger partial charge < -0.3 is 14.4 Å². The number of hydrogen-bond donors (Lipinski definition) is 0. The van der Waals surface area contributed by atoms with Gasteiger partial charge in [0, 0.05) is 72.7 Å². The molecule has 0 atom stereocenters. The maximum atomic E-state index is 5.46. The maximum Gasteiger partial charge on any atom is 0.252 e. The van der Waals surface area contributed by atoms with E-state index in [1.807, 2.05) is 0 Å². The third kappa shape index (κ3) is 11.8. The molecule has 5 heterocycles. The first-order chi connectivity index (χ1) is 55.5. The first-order valence-corrected chi connectivity index (χ1v) is 38.4. The summed E-state index contributed by atoms with van der Waals surface area (Å²) >= 11 is 0. The Morgan fingerprint density at radius 3 is 0.929 bits per heavy atom. The van der Waals surface area contributed by atoms with Crippen LogP contribution in [0.3, 0.4) is 0 Å². The topological polar surface area (TPSA) is 37.2 Å². The number of anilines is 6. The number of hydrogen-bond acceptors (Lipinski definition) is 4. The van der Waals surface area contributed by atoms with Crippen LogP contribution in [0.4, 0.5) is 34.1 Å². The van der Waals surface area contributed by atoms with Crippen molar-refractivity contribution in [3.63, 3.8) is 0 Å². The van der Waals surface area contributed by atoms with Gasteiger partial charge in [0.1, 0.15) is 0 Å². The first-order valence-electron chi connectivity index (χ1n) is 38.4. The summed E-state index contributed by atoms with van der Waals surface area (Å²) in [6, 6.07) is 156. The summed E-state index contributed by atoms with van der Waals surface area (Å²) in [7, 11) is 0. The molecule has 0 radical (unpaired) electrons. The van der Waals surface area contributed by atoms with Gasteiger partial charge in [-0.2, -0.15) is 0 Å². The lowest BCUT2D eigenvalue weighted by Crippen LogP contribution is -2.61. The van der Waals surface area contributed by atoms with Gasteiger partial charge in [-0.1, -0.05) is 309 Å². The standard InChI is InChI=1S/C106H70BN5/c1-9-31-71(32-10-1)81-57-82(72-33-11-2-12-34-72)60-88(59-81)110-102-51-29-26-48-93(102)107-94-49-27-30-52-103(94)111(89-61-83(73-35-13-3-14-36-73)58-84(62-89)74-37-15-4-16-38-74)105-70-86(69-104(110)106(105)107)80-54-56-101-92(64-80)90-47-25-28-50-99(90)112(101)100-55-53-79(85-65-95(75-39-17-5-18-40-75)108-96(66-85)76-41-19-6-20-42-76)63-91(100)87-67-97(77-43-21-7-22-44-77)109-98(68-87)78-45-23-8-24-46-78/h1-70H. The largest absolute Gasteiger partial charge is 0.311 e. The highest BCUT2D eigenvalue weighted by atomic mass is 15.2. The summed E-state index contributed by atoms with van der Waals surface area (Å²) in [5.41, 5.74) is 37.1. The summed E-state index contributed by atoms with van der Waals surface area (Å²) in [5, 5.41) is 2.29. The van der Waals surface area contributed by atoms with Crippen molar-refractivity contribution in [2.75, 3.05) is 9.80 Å². The summed E-state index contributed by atoms with van der Waals surface area (Å²) in [6.07, 6.45) is 0. The molecule has 6 heteroatoms. The van der Waals surface area contributed by atoms with Crippen molar-refractivity contribution in [1.82, 2.24) is 14.5 Å². The fourth-order valence-electron chi connectivity index (χ4n) is 17.3. The molecule has 0 saturated heterocycles. The van der Waals surface area contributed by atoms with E-state index in [1.165, 1.54) is 16.4 Å². The average Bonchev–Trinajstić information content (AvgIpc) is 0.785. The van der Waals surface area contributed by atoms with Gasteiger partial charge >= 0.3 is 0 Å². The number of para-hydroxylation sites is 3. The van der Waals surface area contributed by atoms with Gasteiger partial charge in [-0.25, -0.2) is 9.97 Å². The summed E-state index contributed by atoms with van der Waals surface area (Å²) < 4.78 is 2.50. The smallest absolute Gasteiger partial charge is 0.252 e. The van der Waals surface area contributed by atoms with Gasteiger partial charge in [0.2, 0.25) is 0 Å². The lowest BCUT2D eigenvalue weighted by atomic mass is 9.33. The normalized spacial score (nSPS) is 12.1. The van der Waals surface area contributed by atoms with Crippen LogP contribution in [0.1, 0.15) is 0 Å². The van der Waals surface area contributed by atoms with E-state index >= 15 is 0 Å². The zero-order chi connectivity index (χ0) is 74.0. The van der Waals surface area contributed by atoms with E-state index in [0.29, 0.717) is 0 Å². The van der Waals surface area contributed by atoms with Crippen molar-refractivity contribution in [2.45, 2.75) is 0 Å². The highest BCUT2D eigenvalue weighted by molar-refractivity contribution is 7.00. The minimum absolute atomic E-state index is 0.111. The molecule has 2 aliphatic heterocycles. The first kappa shape index (κ1) is 65.6. The molecule has 5 nitrogen and oxygen atoms in total. The molecule has 2 aliphatic rings. The SMILES string of the molecule is c1ccc(-c2cc(-c3ccccc3)cc(N3c4ccccc4B4c5ccccc5N(c5cc(-c6ccccc6)cc(-c6ccccc6)c5)c5cc(-c6ccc7c(c6)c6ccccc6n7-c6ccc(-c7cc(-c8ccccc8)nc(-c8ccccc8)c7)cc6-c6cc(-c7ccccc7)nc(-c7ccccc7)c6)cc3c54)c2)cc1. The van der Waals surface area contributed by atoms with Gasteiger partial charge in [0.05, 0.1) is 39.5 Å². The van der Waals surface area contributed by atoms with E-state index in [0.717, 1.165) is 185 Å². The van der Waals surface area contributed by atoms with E-state index in [9.17, 15) is 0 Å². The van der Waals surface area contributed by atoms with Crippen molar-refractivity contribution in [1.29, 1.82) is 0 Å². The van der Waals surface area contributed by atoms with Crippen LogP contribution in [0, 0.1) is 0 Å². The van der Waals surface area contributed by atoms with Crippen LogP contribution in [-0.2, 0) is 0 Å². The predicted octanol–water partition coefficient (Wildman–Crippen LogP) is 26.0. The Morgan fingerprint density at radius 1 is 0.188 bits per heavy atom. The fourth-order valence-corrected chi connectivity index (χ4v) is 17.3. The molecular formula is C106H70BN5. The average molecular weight is 1420 g/mol. The second kappa shape index (κ2) is 27.8. The Morgan fingerprint density at radius 2 is 0.509 bits per heavy atom. The van der Waals surface area contributed by atoms with Crippen LogP contribution in [0.2, 0.25) is 0 Å². The van der Waals surface area contributed by atoms with Crippen molar-refractivity contribution in [3.8, 4) is 129 Å². The molecule has 0 fully saturated rings. The highest BCUT2D eigenvalue weighted by Gasteiger charge is 2.44. The Balaban J connectivity index is 0.817. The van der Waals surface area contributed by atoms with E-state index in [4.69, 9.17) is 9.97 Å². The van der Waals surface area contributed by atoms with E-state index in [1.54, 1.807) is 0 Å². The Bertz CT molecular complexity index is 6360. The van der Waals surface area contributed by atoms with Crippen molar-refractivity contribution in [3.05, 3.63) is 425 Å². The van der Waals surface area contributed by atoms with E-state index in [-0.39, 0.29) is 6.71 Å². The summed E-state index contributed by atoms with van der Waals surface area (Å²) in [4.78, 5) is 16.0. The number of fused-ring (bicyclic) bond motifs is 7. The number of aromatic nitrogens is 3. The Hall–Kier alpha value is -14.7. The molecule has 0 bridgehead atoms. The molecule has 112 heavy (non-hydrogen) atoms. The fraction of sp³-hybridized carbons (Fsp3) is 0. The predicted molar refractivity (Wildman–Crippen MR) is 470 cm³/mol. The molecule has 0 saturated carbocycles. The van der Waals surface area contributed by atoms with Gasteiger partial charge in [-0.15, -0.1) is 0 Å². The molecule has 0 unspecified atom stereocenters. The summed E-state index contributed by atoms with van der Waals surface area (Å²) in [5.74, 6) is 0. The van der Waals surface area contributed by atoms with Crippen LogP contribution in [0.15, 0.2) is 425 Å². The Labute approximate surface area is 652 Å². The molecular weight excluding hydrogens is 1350 g/mol. The van der Waals surface area contributed by atoms with Gasteiger partial charge in [0.15, 0.2) is 0 Å². The minimum Gasteiger partial charge on any atom is -0.311 e. The molecule has 0 spiro atoms. The summed E-state index contributed by atoms with van der Waals surface area (Å²) in [6.45, 7) is -0.111. The number of pyridine rings is 2. The van der Waals surface area contributed by atoms with E-state index < -0.39 is 0 Å². The van der Waals surface area contributed by atoms with Gasteiger partial charge in [0.25, 0.3) is 6.71 Å². The van der Waals surface area contributed by atoms with Gasteiger partial charge in [-0.3, -0.25) is 0 Å². The molecule has 3 aromatic heterocycles. The maximum absolute atomic E-state index is 5.46. The molecule has 0 N–H and O–H groups in total. The zero-order valence-electron chi connectivity index (χ0n) is 61.2. The molecule has 0 amide bonds. The van der Waals surface area contributed by atoms with Crippen molar-refractivity contribution in [2.24, 2.45) is 0 Å². The van der Waals surface area contributed by atoms with Crippen LogP contribution < -0.4 is 26.2 Å². The van der Waals surface area contributed by atoms with E-state index in [2.05, 4.69) is 439 Å². The molecule has 522 valence electrons. The van der Waals surface area contributed by atoms with Gasteiger partial charge in [-0.05, 0) is 204 Å². The third-order valence-corrected chi connectivity index (χ3v) is 22.5. The van der Waals surface area contributed by atoms with Crippen LogP contribution in [-0.4, -0.2) is 21.2 Å². The minimum atomic E-state index is -0.111. The lowest BCUT2D eigenvalue weighted by molar-refractivity contribution is 1.18. The van der Waals surface area contributed by atoms with Crippen LogP contribution in [0.5, 0.6) is 0 Å². The highest BCUT2D eigenvalue weighted by Crippen LogP contribution is 2.50.